The third-order valence-corrected chi connectivity index (χ3v) is 7.51. The highest BCUT2D eigenvalue weighted by Gasteiger charge is 2.41. The van der Waals surface area contributed by atoms with Gasteiger partial charge in [-0.2, -0.15) is 0 Å². The fraction of sp³-hybridized carbons (Fsp3) is 0.818. The summed E-state index contributed by atoms with van der Waals surface area (Å²) in [6, 6.07) is 4.31. The van der Waals surface area contributed by atoms with Crippen LogP contribution >= 0.6 is 0 Å². The van der Waals surface area contributed by atoms with E-state index in [0.717, 1.165) is 36.8 Å². The van der Waals surface area contributed by atoms with E-state index in [1.165, 1.54) is 45.3 Å². The van der Waals surface area contributed by atoms with E-state index in [9.17, 15) is 8.78 Å². The van der Waals surface area contributed by atoms with Gasteiger partial charge in [0, 0.05) is 64.8 Å². The molecule has 30 heavy (non-hydrogen) atoms. The number of nitrogens with zero attached hydrogens (tertiary/aromatic N) is 4. The van der Waals surface area contributed by atoms with E-state index in [-0.39, 0.29) is 12.8 Å². The average molecular weight is 422 g/mol. The van der Waals surface area contributed by atoms with Crippen LogP contribution in [0.2, 0.25) is 0 Å². The highest BCUT2D eigenvalue weighted by molar-refractivity contribution is 5.44. The van der Waals surface area contributed by atoms with Crippen molar-refractivity contribution in [1.82, 2.24) is 15.1 Å². The van der Waals surface area contributed by atoms with Gasteiger partial charge in [-0.25, -0.2) is 8.78 Å². The number of anilines is 2. The molecular formula is C22H33F2N5O. The number of aromatic nitrogens is 2. The Balaban J connectivity index is 1.08. The zero-order valence-electron chi connectivity index (χ0n) is 17.6. The monoisotopic (exact) mass is 421 g/mol. The van der Waals surface area contributed by atoms with Crippen molar-refractivity contribution in [2.45, 2.75) is 50.5 Å². The molecule has 1 aromatic rings. The van der Waals surface area contributed by atoms with Crippen molar-refractivity contribution in [3.63, 3.8) is 0 Å². The van der Waals surface area contributed by atoms with Crippen molar-refractivity contribution >= 4 is 11.6 Å². The maximum atomic E-state index is 13.3. The lowest BCUT2D eigenvalue weighted by Gasteiger charge is -2.32. The van der Waals surface area contributed by atoms with Gasteiger partial charge in [0.1, 0.15) is 5.82 Å². The number of rotatable bonds is 5. The Morgan fingerprint density at radius 1 is 1.03 bits per heavy atom. The first kappa shape index (κ1) is 20.4. The summed E-state index contributed by atoms with van der Waals surface area (Å²) in [5, 5.41) is 12.2. The van der Waals surface area contributed by atoms with Gasteiger partial charge in [-0.15, -0.1) is 10.2 Å². The van der Waals surface area contributed by atoms with Gasteiger partial charge in [0.15, 0.2) is 5.82 Å². The number of halogens is 2. The molecule has 4 fully saturated rings. The number of hydrogen-bond acceptors (Lipinski definition) is 6. The Kier molecular flexibility index (Phi) is 5.79. The van der Waals surface area contributed by atoms with E-state index in [1.807, 2.05) is 17.0 Å². The minimum atomic E-state index is -2.54. The topological polar surface area (TPSA) is 53.5 Å². The molecule has 1 saturated carbocycles. The van der Waals surface area contributed by atoms with Gasteiger partial charge in [-0.1, -0.05) is 0 Å². The molecule has 0 amide bonds. The third kappa shape index (κ3) is 4.69. The van der Waals surface area contributed by atoms with Gasteiger partial charge >= 0.3 is 0 Å². The first-order chi connectivity index (χ1) is 14.5. The Morgan fingerprint density at radius 3 is 2.37 bits per heavy atom. The van der Waals surface area contributed by atoms with E-state index in [4.69, 9.17) is 4.74 Å². The highest BCUT2D eigenvalue weighted by atomic mass is 19.3. The number of ether oxygens (including phenoxy) is 1. The average Bonchev–Trinajstić information content (AvgIpc) is 3.27. The number of piperidine rings is 1. The summed E-state index contributed by atoms with van der Waals surface area (Å²) in [6.45, 7) is 6.23. The molecule has 1 N–H and O–H groups in total. The minimum absolute atomic E-state index is 0.106. The van der Waals surface area contributed by atoms with Crippen LogP contribution in [-0.2, 0) is 4.74 Å². The number of alkyl halides is 2. The van der Waals surface area contributed by atoms with Gasteiger partial charge in [0.2, 0.25) is 0 Å². The Hall–Kier alpha value is -1.54. The Bertz CT molecular complexity index is 688. The number of fused-ring (bicyclic) bond motifs is 1. The molecule has 2 atom stereocenters. The maximum Gasteiger partial charge on any atom is 0.251 e. The zero-order valence-corrected chi connectivity index (χ0v) is 17.6. The van der Waals surface area contributed by atoms with Crippen LogP contribution in [0, 0.1) is 17.8 Å². The van der Waals surface area contributed by atoms with Crippen LogP contribution in [0.3, 0.4) is 0 Å². The molecule has 2 unspecified atom stereocenters. The molecule has 4 heterocycles. The summed E-state index contributed by atoms with van der Waals surface area (Å²) in [5.74, 6) is 1.33. The molecule has 1 aromatic heterocycles. The van der Waals surface area contributed by atoms with Crippen molar-refractivity contribution in [2.75, 3.05) is 56.2 Å². The molecule has 5 rings (SSSR count). The lowest BCUT2D eigenvalue weighted by molar-refractivity contribution is -0.0221. The summed E-state index contributed by atoms with van der Waals surface area (Å²) < 4.78 is 32.2. The van der Waals surface area contributed by atoms with Crippen molar-refractivity contribution in [2.24, 2.45) is 17.8 Å². The van der Waals surface area contributed by atoms with E-state index < -0.39 is 5.92 Å². The summed E-state index contributed by atoms with van der Waals surface area (Å²) in [6.07, 6.45) is 4.60. The number of nitrogens with one attached hydrogen (secondary N) is 1. The largest absolute Gasteiger partial charge is 0.381 e. The molecule has 166 valence electrons. The summed E-state index contributed by atoms with van der Waals surface area (Å²) >= 11 is 0. The van der Waals surface area contributed by atoms with Crippen molar-refractivity contribution in [1.29, 1.82) is 0 Å². The van der Waals surface area contributed by atoms with Crippen LogP contribution in [-0.4, -0.2) is 73.0 Å². The first-order valence-corrected chi connectivity index (χ1v) is 11.6. The second-order valence-electron chi connectivity index (χ2n) is 9.73. The van der Waals surface area contributed by atoms with Crippen molar-refractivity contribution < 1.29 is 13.5 Å². The zero-order chi connectivity index (χ0) is 20.6. The standard InChI is InChI=1S/C22H33F2N5O/c23-22(24)5-7-29(8-6-22)21-2-1-20(26-27-21)25-19-11-17-14-28(15-18(17)12-19)13-16-3-9-30-10-4-16/h1-2,16-19H,3-15H2,(H,25,26). The van der Waals surface area contributed by atoms with Crippen LogP contribution < -0.4 is 10.2 Å². The van der Waals surface area contributed by atoms with Crippen LogP contribution in [0.15, 0.2) is 12.1 Å². The van der Waals surface area contributed by atoms with Gasteiger partial charge in [-0.3, -0.25) is 0 Å². The van der Waals surface area contributed by atoms with E-state index in [1.54, 1.807) is 0 Å². The van der Waals surface area contributed by atoms with Gasteiger partial charge in [0.05, 0.1) is 0 Å². The first-order valence-electron chi connectivity index (χ1n) is 11.6. The van der Waals surface area contributed by atoms with Crippen LogP contribution in [0.4, 0.5) is 20.4 Å². The molecule has 0 radical (unpaired) electrons. The molecular weight excluding hydrogens is 388 g/mol. The Labute approximate surface area is 177 Å². The van der Waals surface area contributed by atoms with Crippen LogP contribution in [0.25, 0.3) is 0 Å². The van der Waals surface area contributed by atoms with Crippen molar-refractivity contribution in [3.8, 4) is 0 Å². The fourth-order valence-corrected chi connectivity index (χ4v) is 5.80. The molecule has 1 aliphatic carbocycles. The molecule has 4 aliphatic rings. The summed E-state index contributed by atoms with van der Waals surface area (Å²) in [4.78, 5) is 4.58. The van der Waals surface area contributed by atoms with E-state index in [2.05, 4.69) is 20.4 Å². The number of likely N-dealkylation sites (tertiary alicyclic amines) is 1. The quantitative estimate of drug-likeness (QED) is 0.788. The smallest absolute Gasteiger partial charge is 0.251 e. The predicted molar refractivity (Wildman–Crippen MR) is 112 cm³/mol. The second kappa shape index (κ2) is 8.54. The van der Waals surface area contributed by atoms with E-state index >= 15 is 0 Å². The van der Waals surface area contributed by atoms with Gasteiger partial charge < -0.3 is 19.9 Å². The molecule has 0 spiro atoms. The fourth-order valence-electron chi connectivity index (χ4n) is 5.80. The van der Waals surface area contributed by atoms with Gasteiger partial charge in [-0.05, 0) is 55.6 Å². The molecule has 8 heteroatoms. The van der Waals surface area contributed by atoms with Crippen LogP contribution in [0.1, 0.15) is 38.5 Å². The predicted octanol–water partition coefficient (Wildman–Crippen LogP) is 3.26. The molecule has 6 nitrogen and oxygen atoms in total. The van der Waals surface area contributed by atoms with E-state index in [0.29, 0.717) is 24.9 Å². The SMILES string of the molecule is FC1(F)CCN(c2ccc(NC3CC4CN(CC5CCOCC5)CC4C3)nn2)CC1. The Morgan fingerprint density at radius 2 is 1.73 bits per heavy atom. The van der Waals surface area contributed by atoms with Crippen LogP contribution in [0.5, 0.6) is 0 Å². The van der Waals surface area contributed by atoms with Crippen molar-refractivity contribution in [3.05, 3.63) is 12.1 Å². The summed E-state index contributed by atoms with van der Waals surface area (Å²) in [5.41, 5.74) is 0. The lowest BCUT2D eigenvalue weighted by Crippen LogP contribution is -2.39. The second-order valence-corrected chi connectivity index (χ2v) is 9.73. The third-order valence-electron chi connectivity index (χ3n) is 7.51. The molecule has 3 aliphatic heterocycles. The number of hydrogen-bond donors (Lipinski definition) is 1. The van der Waals surface area contributed by atoms with Gasteiger partial charge in [0.25, 0.3) is 5.92 Å². The highest BCUT2D eigenvalue weighted by Crippen LogP contribution is 2.39. The normalized spacial score (nSPS) is 32.3. The molecule has 3 saturated heterocycles. The lowest BCUT2D eigenvalue weighted by atomic mass is 10.00. The maximum absolute atomic E-state index is 13.3. The minimum Gasteiger partial charge on any atom is -0.381 e. The molecule has 0 bridgehead atoms. The summed E-state index contributed by atoms with van der Waals surface area (Å²) in [7, 11) is 0. The molecule has 0 aromatic carbocycles.